The molecule has 0 spiro atoms. The normalized spacial score (nSPS) is 22.2. The van der Waals surface area contributed by atoms with E-state index in [-0.39, 0.29) is 45.3 Å². The molecule has 1 aromatic carbocycles. The molecule has 4 unspecified atom stereocenters. The van der Waals surface area contributed by atoms with Crippen molar-refractivity contribution in [3.63, 3.8) is 0 Å². The van der Waals surface area contributed by atoms with Crippen molar-refractivity contribution in [3.8, 4) is 6.07 Å². The molecule has 0 amide bonds. The lowest BCUT2D eigenvalue weighted by atomic mass is 9.59. The van der Waals surface area contributed by atoms with Crippen LogP contribution in [0.4, 0.5) is 11.4 Å². The van der Waals surface area contributed by atoms with Crippen LogP contribution in [0.5, 0.6) is 0 Å². The first-order valence-corrected chi connectivity index (χ1v) is 22.0. The number of hydrogen-bond acceptors (Lipinski definition) is 7. The number of unbranched alkanes of at least 4 members (excludes halogenated alkanes) is 2. The molecule has 2 aromatic rings. The van der Waals surface area contributed by atoms with Gasteiger partial charge in [0.2, 0.25) is 0 Å². The lowest BCUT2D eigenvalue weighted by Crippen LogP contribution is -2.49. The van der Waals surface area contributed by atoms with Crippen LogP contribution in [0.2, 0.25) is 0 Å². The predicted octanol–water partition coefficient (Wildman–Crippen LogP) is 12.4. The Labute approximate surface area is 341 Å². The van der Waals surface area contributed by atoms with Crippen LogP contribution in [-0.4, -0.2) is 45.8 Å². The van der Waals surface area contributed by atoms with Gasteiger partial charge in [0.15, 0.2) is 17.5 Å². The first kappa shape index (κ1) is 45.2. The number of anilines is 1. The van der Waals surface area contributed by atoms with Crippen molar-refractivity contribution in [2.45, 2.75) is 173 Å². The molecule has 0 saturated heterocycles. The highest BCUT2D eigenvalue weighted by molar-refractivity contribution is 6.29. The fourth-order valence-electron chi connectivity index (χ4n) is 8.83. The van der Waals surface area contributed by atoms with Gasteiger partial charge >= 0.3 is 5.97 Å². The Morgan fingerprint density at radius 1 is 0.893 bits per heavy atom. The molecule has 4 rings (SSSR count). The number of carbonyl (C=O) groups excluding carboxylic acids is 1. The van der Waals surface area contributed by atoms with Gasteiger partial charge in [-0.15, -0.1) is 5.10 Å². The zero-order valence-electron chi connectivity index (χ0n) is 37.8. The zero-order chi connectivity index (χ0) is 41.6. The van der Waals surface area contributed by atoms with E-state index in [9.17, 15) is 10.1 Å². The number of esters is 1. The fraction of sp³-hybridized carbons (Fsp3) is 0.729. The lowest BCUT2D eigenvalue weighted by molar-refractivity contribution is -0.162. The molecule has 1 aromatic heterocycles. The van der Waals surface area contributed by atoms with Crippen molar-refractivity contribution in [3.05, 3.63) is 41.5 Å². The molecule has 4 atom stereocenters. The van der Waals surface area contributed by atoms with E-state index in [2.05, 4.69) is 99.3 Å². The van der Waals surface area contributed by atoms with Gasteiger partial charge in [-0.25, -0.2) is 14.8 Å². The van der Waals surface area contributed by atoms with E-state index >= 15 is 0 Å². The van der Waals surface area contributed by atoms with Gasteiger partial charge in [0.25, 0.3) is 0 Å². The number of allylic oxidation sites excluding steroid dienone is 1. The van der Waals surface area contributed by atoms with Crippen molar-refractivity contribution in [2.24, 2.45) is 45.4 Å². The van der Waals surface area contributed by atoms with Gasteiger partial charge in [-0.2, -0.15) is 9.94 Å². The maximum atomic E-state index is 14.6. The fourth-order valence-corrected chi connectivity index (χ4v) is 8.83. The monoisotopic (exact) mass is 769 g/mol. The van der Waals surface area contributed by atoms with Gasteiger partial charge in [0.1, 0.15) is 23.3 Å². The summed E-state index contributed by atoms with van der Waals surface area (Å²) in [6.45, 7) is 33.2. The van der Waals surface area contributed by atoms with Crippen LogP contribution in [0.25, 0.3) is 5.57 Å². The smallest absolute Gasteiger partial charge is 0.343 e. The van der Waals surface area contributed by atoms with Crippen molar-refractivity contribution in [1.82, 2.24) is 14.8 Å². The Kier molecular flexibility index (Phi) is 15.2. The average Bonchev–Trinajstić information content (AvgIpc) is 3.69. The standard InChI is InChI=1S/C48H76N6O2/c1-15-19-21-33(17-3)30-53(31-34(18-4)22-20-16-2)36-25-23-35(24-26-36)50-42-37(29-49)40(43-51-45(48(12,13)14)52-54(42)43)44(55)56-41-38(46(6,7)8)27-32(5)28-39(41)47(9,10)11/h23-26,32-34,38-39,41H,15-22,27-28,30-31H2,1-14H3/b50-42+. The third-order valence-corrected chi connectivity index (χ3v) is 12.6. The molecule has 8 heteroatoms. The molecule has 1 fully saturated rings. The number of fused-ring (bicyclic) bond motifs is 1. The second-order valence-electron chi connectivity index (χ2n) is 20.4. The Morgan fingerprint density at radius 2 is 1.41 bits per heavy atom. The highest BCUT2D eigenvalue weighted by Crippen LogP contribution is 2.50. The van der Waals surface area contributed by atoms with E-state index in [0.29, 0.717) is 40.9 Å². The van der Waals surface area contributed by atoms with Gasteiger partial charge in [-0.1, -0.05) is 135 Å². The number of nitrogens with zero attached hydrogens (tertiary/aromatic N) is 6. The van der Waals surface area contributed by atoms with E-state index in [4.69, 9.17) is 19.8 Å². The molecule has 0 N–H and O–H groups in total. The lowest BCUT2D eigenvalue weighted by Gasteiger charge is -2.50. The Bertz CT molecular complexity index is 1670. The summed E-state index contributed by atoms with van der Waals surface area (Å²) >= 11 is 0. The maximum absolute atomic E-state index is 14.6. The van der Waals surface area contributed by atoms with Crippen molar-refractivity contribution < 1.29 is 9.53 Å². The summed E-state index contributed by atoms with van der Waals surface area (Å²) in [6.07, 6.45) is 11.5. The van der Waals surface area contributed by atoms with Crippen LogP contribution in [0.3, 0.4) is 0 Å². The van der Waals surface area contributed by atoms with Crippen LogP contribution < -0.4 is 4.90 Å². The highest BCUT2D eigenvalue weighted by Gasteiger charge is 2.49. The highest BCUT2D eigenvalue weighted by atomic mass is 16.5. The summed E-state index contributed by atoms with van der Waals surface area (Å²) in [6, 6.07) is 10.8. The van der Waals surface area contributed by atoms with Gasteiger partial charge in [-0.05, 0) is 78.5 Å². The van der Waals surface area contributed by atoms with Crippen LogP contribution in [0.15, 0.2) is 34.8 Å². The van der Waals surface area contributed by atoms with Crippen LogP contribution >= 0.6 is 0 Å². The summed E-state index contributed by atoms with van der Waals surface area (Å²) in [7, 11) is 0. The summed E-state index contributed by atoms with van der Waals surface area (Å²) in [5.41, 5.74) is 1.69. The minimum Gasteiger partial charge on any atom is -0.458 e. The number of aromatic nitrogens is 3. The molecule has 8 nitrogen and oxygen atoms in total. The molecule has 0 bridgehead atoms. The summed E-state index contributed by atoms with van der Waals surface area (Å²) < 4.78 is 8.27. The third kappa shape index (κ3) is 10.9. The first-order valence-electron chi connectivity index (χ1n) is 22.0. The SMILES string of the molecule is CCCCC(CC)CN(CC(CC)CCCC)c1ccc(/N=C2\C(C#N)=C(C(=O)OC3C(C(C)(C)C)CC(C)CC3C(C)(C)C)c3nc(C(C)(C)C)nn32)cc1. The number of ether oxygens (including phenoxy) is 1. The first-order chi connectivity index (χ1) is 26.3. The van der Waals surface area contributed by atoms with Crippen LogP contribution in [0, 0.1) is 51.8 Å². The van der Waals surface area contributed by atoms with E-state index < -0.39 is 5.97 Å². The molecule has 310 valence electrons. The molecular formula is C48H76N6O2. The number of rotatable bonds is 16. The molecule has 1 saturated carbocycles. The van der Waals surface area contributed by atoms with Crippen molar-refractivity contribution >= 4 is 28.8 Å². The van der Waals surface area contributed by atoms with E-state index in [1.165, 1.54) is 57.1 Å². The average molecular weight is 769 g/mol. The quantitative estimate of drug-likeness (QED) is 0.158. The number of hydrogen-bond donors (Lipinski definition) is 0. The second-order valence-corrected chi connectivity index (χ2v) is 20.4. The van der Waals surface area contributed by atoms with Crippen molar-refractivity contribution in [1.29, 1.82) is 5.26 Å². The molecule has 2 aliphatic rings. The largest absolute Gasteiger partial charge is 0.458 e. The topological polar surface area (TPSA) is 96.4 Å². The Hall–Kier alpha value is -3.47. The van der Waals surface area contributed by atoms with E-state index in [0.717, 1.165) is 25.9 Å². The van der Waals surface area contributed by atoms with Gasteiger partial charge in [0, 0.05) is 36.0 Å². The Balaban J connectivity index is 1.77. The number of benzene rings is 1. The molecular weight excluding hydrogens is 693 g/mol. The Morgan fingerprint density at radius 3 is 1.84 bits per heavy atom. The van der Waals surface area contributed by atoms with Gasteiger partial charge in [-0.3, -0.25) is 0 Å². The number of nitriles is 1. The third-order valence-electron chi connectivity index (χ3n) is 12.6. The molecule has 2 heterocycles. The van der Waals surface area contributed by atoms with Crippen molar-refractivity contribution in [2.75, 3.05) is 18.0 Å². The van der Waals surface area contributed by atoms with Gasteiger partial charge in [0.05, 0.1) is 5.69 Å². The predicted molar refractivity (Wildman–Crippen MR) is 233 cm³/mol. The molecule has 1 aliphatic heterocycles. The molecule has 0 radical (unpaired) electrons. The number of aliphatic imine (C=N–C) groups is 1. The molecule has 1 aliphatic carbocycles. The van der Waals surface area contributed by atoms with E-state index in [1.54, 1.807) is 4.68 Å². The van der Waals surface area contributed by atoms with Crippen LogP contribution in [0.1, 0.15) is 173 Å². The summed E-state index contributed by atoms with van der Waals surface area (Å²) in [5.74, 6) is 2.87. The summed E-state index contributed by atoms with van der Waals surface area (Å²) in [5, 5.41) is 15.6. The van der Waals surface area contributed by atoms with Crippen LogP contribution in [-0.2, 0) is 14.9 Å². The maximum Gasteiger partial charge on any atom is 0.343 e. The second kappa shape index (κ2) is 18.9. The van der Waals surface area contributed by atoms with E-state index in [1.807, 2.05) is 32.9 Å². The minimum absolute atomic E-state index is 0.0705. The number of carbonyl (C=O) groups is 1. The minimum atomic E-state index is -0.517. The molecule has 56 heavy (non-hydrogen) atoms. The van der Waals surface area contributed by atoms with Gasteiger partial charge < -0.3 is 9.64 Å². The zero-order valence-corrected chi connectivity index (χ0v) is 37.8. The summed E-state index contributed by atoms with van der Waals surface area (Å²) in [4.78, 5) is 27.2.